The van der Waals surface area contributed by atoms with Crippen molar-refractivity contribution in [2.45, 2.75) is 25.7 Å². The van der Waals surface area contributed by atoms with Gasteiger partial charge in [-0.2, -0.15) is 0 Å². The minimum atomic E-state index is -2.64. The van der Waals surface area contributed by atoms with Crippen LogP contribution in [0.25, 0.3) is 0 Å². The van der Waals surface area contributed by atoms with Crippen LogP contribution < -0.4 is 10.6 Å². The highest BCUT2D eigenvalue weighted by molar-refractivity contribution is 7.15. The molecular weight excluding hydrogens is 262 g/mol. The molecule has 1 aliphatic rings. The predicted molar refractivity (Wildman–Crippen MR) is 63.7 cm³/mol. The van der Waals surface area contributed by atoms with E-state index in [0.717, 1.165) is 25.9 Å². The summed E-state index contributed by atoms with van der Waals surface area (Å²) < 4.78 is 24.5. The van der Waals surface area contributed by atoms with Crippen LogP contribution >= 0.6 is 11.3 Å². The first-order valence-electron chi connectivity index (χ1n) is 5.77. The lowest BCUT2D eigenvalue weighted by molar-refractivity contribution is -0.116. The molecule has 0 saturated carbocycles. The van der Waals surface area contributed by atoms with Gasteiger partial charge in [0.25, 0.3) is 6.43 Å². The van der Waals surface area contributed by atoms with Gasteiger partial charge in [0.15, 0.2) is 5.01 Å². The molecule has 0 radical (unpaired) electrons. The van der Waals surface area contributed by atoms with Crippen molar-refractivity contribution in [3.8, 4) is 0 Å². The smallest absolute Gasteiger partial charge is 0.291 e. The van der Waals surface area contributed by atoms with Gasteiger partial charge in [-0.25, -0.2) is 8.78 Å². The molecule has 2 N–H and O–H groups in total. The van der Waals surface area contributed by atoms with E-state index in [2.05, 4.69) is 20.8 Å². The number of rotatable bonds is 5. The molecule has 1 aromatic rings. The summed E-state index contributed by atoms with van der Waals surface area (Å²) >= 11 is 0.711. The Morgan fingerprint density at radius 1 is 1.56 bits per heavy atom. The van der Waals surface area contributed by atoms with Crippen molar-refractivity contribution in [3.05, 3.63) is 5.01 Å². The SMILES string of the molecule is O=C(CCC1CCNC1)Nc1nnc(C(F)F)s1. The third-order valence-corrected chi connectivity index (χ3v) is 3.66. The van der Waals surface area contributed by atoms with Gasteiger partial charge in [0.1, 0.15) is 0 Å². The molecule has 1 saturated heterocycles. The van der Waals surface area contributed by atoms with Crippen molar-refractivity contribution in [2.75, 3.05) is 18.4 Å². The number of hydrogen-bond acceptors (Lipinski definition) is 5. The standard InChI is InChI=1S/C10H14F2N4OS/c11-8(12)9-15-16-10(18-9)14-7(17)2-1-6-3-4-13-5-6/h6,8,13H,1-5H2,(H,14,16,17). The molecule has 1 aliphatic heterocycles. The Labute approximate surface area is 107 Å². The molecule has 0 aromatic carbocycles. The van der Waals surface area contributed by atoms with Gasteiger partial charge in [-0.1, -0.05) is 11.3 Å². The average Bonchev–Trinajstić information content (AvgIpc) is 2.96. The minimum absolute atomic E-state index is 0.139. The van der Waals surface area contributed by atoms with E-state index >= 15 is 0 Å². The molecule has 1 aromatic heterocycles. The summed E-state index contributed by atoms with van der Waals surface area (Å²) in [6.45, 7) is 1.95. The van der Waals surface area contributed by atoms with Crippen molar-refractivity contribution >= 4 is 22.4 Å². The van der Waals surface area contributed by atoms with E-state index in [9.17, 15) is 13.6 Å². The van der Waals surface area contributed by atoms with Gasteiger partial charge in [0.05, 0.1) is 0 Å². The number of nitrogens with zero attached hydrogens (tertiary/aromatic N) is 2. The maximum atomic E-state index is 12.3. The number of carbonyl (C=O) groups excluding carboxylic acids is 1. The number of amides is 1. The molecule has 2 rings (SSSR count). The number of nitrogens with one attached hydrogen (secondary N) is 2. The van der Waals surface area contributed by atoms with Crippen molar-refractivity contribution < 1.29 is 13.6 Å². The van der Waals surface area contributed by atoms with Crippen LogP contribution in [0.2, 0.25) is 0 Å². The van der Waals surface area contributed by atoms with E-state index < -0.39 is 6.43 Å². The lowest BCUT2D eigenvalue weighted by Crippen LogP contribution is -2.14. The summed E-state index contributed by atoms with van der Waals surface area (Å²) in [6, 6.07) is 0. The molecular formula is C10H14F2N4OS. The van der Waals surface area contributed by atoms with Crippen LogP contribution in [-0.4, -0.2) is 29.2 Å². The van der Waals surface area contributed by atoms with Crippen molar-refractivity contribution in [1.82, 2.24) is 15.5 Å². The van der Waals surface area contributed by atoms with E-state index in [1.165, 1.54) is 0 Å². The largest absolute Gasteiger partial charge is 0.316 e. The Morgan fingerprint density at radius 2 is 2.39 bits per heavy atom. The minimum Gasteiger partial charge on any atom is -0.316 e. The number of halogens is 2. The molecule has 100 valence electrons. The Morgan fingerprint density at radius 3 is 3.00 bits per heavy atom. The molecule has 0 aliphatic carbocycles. The van der Waals surface area contributed by atoms with Gasteiger partial charge in [-0.15, -0.1) is 10.2 Å². The maximum absolute atomic E-state index is 12.3. The first-order chi connectivity index (χ1) is 8.65. The average molecular weight is 276 g/mol. The Balaban J connectivity index is 1.75. The highest BCUT2D eigenvalue weighted by atomic mass is 32.1. The van der Waals surface area contributed by atoms with Crippen LogP contribution in [0, 0.1) is 5.92 Å². The summed E-state index contributed by atoms with van der Waals surface area (Å²) in [4.78, 5) is 11.6. The van der Waals surface area contributed by atoms with Gasteiger partial charge in [0.2, 0.25) is 11.0 Å². The second kappa shape index (κ2) is 6.14. The fourth-order valence-electron chi connectivity index (χ4n) is 1.85. The van der Waals surface area contributed by atoms with Crippen LogP contribution in [0.15, 0.2) is 0 Å². The molecule has 8 heteroatoms. The van der Waals surface area contributed by atoms with Gasteiger partial charge in [-0.05, 0) is 31.8 Å². The highest BCUT2D eigenvalue weighted by Gasteiger charge is 2.18. The van der Waals surface area contributed by atoms with Crippen LogP contribution in [0.5, 0.6) is 0 Å². The summed E-state index contributed by atoms with van der Waals surface area (Å²) in [7, 11) is 0. The van der Waals surface area contributed by atoms with E-state index in [-0.39, 0.29) is 16.0 Å². The summed E-state index contributed by atoms with van der Waals surface area (Å²) in [5, 5.41) is 12.3. The normalized spacial score (nSPS) is 19.4. The molecule has 0 spiro atoms. The molecule has 0 bridgehead atoms. The maximum Gasteiger partial charge on any atom is 0.291 e. The van der Waals surface area contributed by atoms with E-state index in [1.807, 2.05) is 0 Å². The third-order valence-electron chi connectivity index (χ3n) is 2.82. The highest BCUT2D eigenvalue weighted by Crippen LogP contribution is 2.25. The number of hydrogen-bond donors (Lipinski definition) is 2. The summed E-state index contributed by atoms with van der Waals surface area (Å²) in [5.41, 5.74) is 0. The molecule has 18 heavy (non-hydrogen) atoms. The second-order valence-electron chi connectivity index (χ2n) is 4.19. The van der Waals surface area contributed by atoms with Crippen molar-refractivity contribution in [3.63, 3.8) is 0 Å². The quantitative estimate of drug-likeness (QED) is 0.860. The van der Waals surface area contributed by atoms with Gasteiger partial charge in [-0.3, -0.25) is 4.79 Å². The van der Waals surface area contributed by atoms with Gasteiger partial charge >= 0.3 is 0 Å². The molecule has 2 heterocycles. The Hall–Kier alpha value is -1.15. The second-order valence-corrected chi connectivity index (χ2v) is 5.20. The zero-order chi connectivity index (χ0) is 13.0. The molecule has 1 unspecified atom stereocenters. The van der Waals surface area contributed by atoms with E-state index in [4.69, 9.17) is 0 Å². The number of anilines is 1. The lowest BCUT2D eigenvalue weighted by Gasteiger charge is -2.06. The molecule has 1 amide bonds. The summed E-state index contributed by atoms with van der Waals surface area (Å²) in [5.74, 6) is 0.334. The third kappa shape index (κ3) is 3.67. The zero-order valence-corrected chi connectivity index (χ0v) is 10.5. The monoisotopic (exact) mass is 276 g/mol. The van der Waals surface area contributed by atoms with Crippen LogP contribution in [0.1, 0.15) is 30.7 Å². The first-order valence-corrected chi connectivity index (χ1v) is 6.59. The van der Waals surface area contributed by atoms with Gasteiger partial charge < -0.3 is 10.6 Å². The molecule has 1 fully saturated rings. The number of aromatic nitrogens is 2. The summed E-state index contributed by atoms with van der Waals surface area (Å²) in [6.07, 6.45) is -0.366. The van der Waals surface area contributed by atoms with E-state index in [0.29, 0.717) is 23.7 Å². The van der Waals surface area contributed by atoms with Crippen molar-refractivity contribution in [1.29, 1.82) is 0 Å². The number of carbonyl (C=O) groups is 1. The Kier molecular flexibility index (Phi) is 4.54. The first kappa shape index (κ1) is 13.3. The topological polar surface area (TPSA) is 66.9 Å². The fraction of sp³-hybridized carbons (Fsp3) is 0.700. The number of alkyl halides is 2. The van der Waals surface area contributed by atoms with Gasteiger partial charge in [0, 0.05) is 6.42 Å². The fourth-order valence-corrected chi connectivity index (χ4v) is 2.47. The van der Waals surface area contributed by atoms with Crippen LogP contribution in [0.4, 0.5) is 13.9 Å². The van der Waals surface area contributed by atoms with Crippen molar-refractivity contribution in [2.24, 2.45) is 5.92 Å². The lowest BCUT2D eigenvalue weighted by atomic mass is 10.0. The predicted octanol–water partition coefficient (Wildman–Crippen LogP) is 1.80. The van der Waals surface area contributed by atoms with Crippen LogP contribution in [0.3, 0.4) is 0 Å². The zero-order valence-electron chi connectivity index (χ0n) is 9.66. The Bertz CT molecular complexity index is 406. The molecule has 5 nitrogen and oxygen atoms in total. The van der Waals surface area contributed by atoms with Crippen LogP contribution in [-0.2, 0) is 4.79 Å². The molecule has 1 atom stereocenters. The van der Waals surface area contributed by atoms with E-state index in [1.54, 1.807) is 0 Å².